The predicted octanol–water partition coefficient (Wildman–Crippen LogP) is 9.50. The van der Waals surface area contributed by atoms with E-state index in [9.17, 15) is 0 Å². The van der Waals surface area contributed by atoms with Crippen LogP contribution in [0, 0.1) is 5.41 Å². The summed E-state index contributed by atoms with van der Waals surface area (Å²) in [5.41, 5.74) is 11.2. The standard InChI is InChI=1S/C35H38N2/c1-7-29(35(4,5)6)24-34(28-18-14-17-27(23-28)26-15-10-9-11-16-26)36-25(3)31-19-12-13-20-32(31)33-22-21-30(8-2)37-33/h7,9-24,36-37H,3,8H2,1-2,4-6H3/b29-7+,34-24-. The summed E-state index contributed by atoms with van der Waals surface area (Å²) >= 11 is 0. The van der Waals surface area contributed by atoms with Gasteiger partial charge in [0.25, 0.3) is 0 Å². The SMILES string of the molecule is C=C(N/C(=C\C(=C/C)C(C)(C)C)c1cccc(-c2ccccc2)c1)c1ccccc1-c1ccc(CC)[nH]1. The minimum absolute atomic E-state index is 0.0127. The molecule has 0 aliphatic carbocycles. The molecule has 2 nitrogen and oxygen atoms in total. The van der Waals surface area contributed by atoms with Gasteiger partial charge >= 0.3 is 0 Å². The third kappa shape index (κ3) is 6.21. The predicted molar refractivity (Wildman–Crippen MR) is 161 cm³/mol. The number of hydrogen-bond acceptors (Lipinski definition) is 1. The maximum atomic E-state index is 4.49. The van der Waals surface area contributed by atoms with E-state index in [0.29, 0.717) is 0 Å². The fourth-order valence-corrected chi connectivity index (χ4v) is 4.59. The molecule has 0 radical (unpaired) electrons. The molecule has 3 aromatic carbocycles. The number of rotatable bonds is 8. The van der Waals surface area contributed by atoms with Crippen molar-refractivity contribution >= 4 is 11.4 Å². The average Bonchev–Trinajstić information content (AvgIpc) is 3.40. The zero-order valence-corrected chi connectivity index (χ0v) is 22.7. The van der Waals surface area contributed by atoms with Crippen molar-refractivity contribution in [1.29, 1.82) is 0 Å². The summed E-state index contributed by atoms with van der Waals surface area (Å²) in [7, 11) is 0. The first-order chi connectivity index (χ1) is 17.8. The molecule has 0 saturated carbocycles. The van der Waals surface area contributed by atoms with Crippen molar-refractivity contribution in [3.8, 4) is 22.4 Å². The summed E-state index contributed by atoms with van der Waals surface area (Å²) < 4.78 is 0. The van der Waals surface area contributed by atoms with Crippen molar-refractivity contribution in [2.75, 3.05) is 0 Å². The van der Waals surface area contributed by atoms with Crippen LogP contribution in [0.4, 0.5) is 0 Å². The monoisotopic (exact) mass is 486 g/mol. The molecule has 0 aliphatic rings. The summed E-state index contributed by atoms with van der Waals surface area (Å²) in [6, 6.07) is 32.0. The lowest BCUT2D eigenvalue weighted by Crippen LogP contribution is -2.14. The first-order valence-corrected chi connectivity index (χ1v) is 13.1. The largest absolute Gasteiger partial charge is 0.358 e. The number of aryl methyl sites for hydroxylation is 1. The Hall–Kier alpha value is -4.04. The second kappa shape index (κ2) is 11.3. The number of aromatic amines is 1. The van der Waals surface area contributed by atoms with E-state index in [1.54, 1.807) is 0 Å². The second-order valence-corrected chi connectivity index (χ2v) is 10.4. The van der Waals surface area contributed by atoms with Gasteiger partial charge in [-0.15, -0.1) is 0 Å². The van der Waals surface area contributed by atoms with Gasteiger partial charge in [-0.1, -0.05) is 113 Å². The molecule has 0 atom stereocenters. The molecule has 2 heteroatoms. The Morgan fingerprint density at radius 1 is 0.865 bits per heavy atom. The molecule has 1 aromatic heterocycles. The van der Waals surface area contributed by atoms with E-state index in [0.717, 1.165) is 40.2 Å². The van der Waals surface area contributed by atoms with E-state index in [1.165, 1.54) is 22.4 Å². The van der Waals surface area contributed by atoms with Crippen molar-refractivity contribution in [1.82, 2.24) is 10.3 Å². The van der Waals surface area contributed by atoms with Crippen LogP contribution in [0.25, 0.3) is 33.8 Å². The fraction of sp³-hybridized carbons (Fsp3) is 0.200. The Balaban J connectivity index is 1.76. The molecule has 0 amide bonds. The number of allylic oxidation sites excluding steroid dienone is 3. The van der Waals surface area contributed by atoms with Gasteiger partial charge < -0.3 is 10.3 Å². The third-order valence-corrected chi connectivity index (χ3v) is 6.71. The van der Waals surface area contributed by atoms with E-state index in [2.05, 4.69) is 155 Å². The lowest BCUT2D eigenvalue weighted by atomic mass is 9.85. The molecule has 188 valence electrons. The number of H-pyrrole nitrogens is 1. The molecule has 4 rings (SSSR count). The van der Waals surface area contributed by atoms with Crippen LogP contribution in [0.5, 0.6) is 0 Å². The van der Waals surface area contributed by atoms with Gasteiger partial charge in [0.1, 0.15) is 0 Å². The van der Waals surface area contributed by atoms with E-state index < -0.39 is 0 Å². The molecule has 0 unspecified atom stereocenters. The molecule has 1 heterocycles. The third-order valence-electron chi connectivity index (χ3n) is 6.71. The highest BCUT2D eigenvalue weighted by Gasteiger charge is 2.17. The average molecular weight is 487 g/mol. The van der Waals surface area contributed by atoms with Gasteiger partial charge in [0, 0.05) is 33.9 Å². The maximum Gasteiger partial charge on any atom is 0.0462 e. The Bertz CT molecular complexity index is 1430. The molecule has 0 aliphatic heterocycles. The summed E-state index contributed by atoms with van der Waals surface area (Å²) in [5.74, 6) is 0. The lowest BCUT2D eigenvalue weighted by Gasteiger charge is -2.23. The maximum absolute atomic E-state index is 4.49. The molecular formula is C35H38N2. The fourth-order valence-electron chi connectivity index (χ4n) is 4.59. The summed E-state index contributed by atoms with van der Waals surface area (Å²) in [6.07, 6.45) is 5.44. The van der Waals surface area contributed by atoms with Gasteiger partial charge in [-0.25, -0.2) is 0 Å². The van der Waals surface area contributed by atoms with E-state index >= 15 is 0 Å². The van der Waals surface area contributed by atoms with E-state index in [-0.39, 0.29) is 5.41 Å². The minimum Gasteiger partial charge on any atom is -0.358 e. The zero-order chi connectivity index (χ0) is 26.4. The summed E-state index contributed by atoms with van der Waals surface area (Å²) in [5, 5.41) is 3.71. The number of aromatic nitrogens is 1. The second-order valence-electron chi connectivity index (χ2n) is 10.4. The molecule has 0 saturated heterocycles. The van der Waals surface area contributed by atoms with Gasteiger partial charge in [-0.3, -0.25) is 0 Å². The highest BCUT2D eigenvalue weighted by Crippen LogP contribution is 2.32. The molecule has 37 heavy (non-hydrogen) atoms. The van der Waals surface area contributed by atoms with Crippen LogP contribution < -0.4 is 5.32 Å². The highest BCUT2D eigenvalue weighted by molar-refractivity contribution is 5.84. The van der Waals surface area contributed by atoms with Crippen LogP contribution >= 0.6 is 0 Å². The minimum atomic E-state index is 0.0127. The lowest BCUT2D eigenvalue weighted by molar-refractivity contribution is 0.516. The van der Waals surface area contributed by atoms with Crippen molar-refractivity contribution in [3.63, 3.8) is 0 Å². The quantitative estimate of drug-likeness (QED) is 0.238. The van der Waals surface area contributed by atoms with Crippen LogP contribution in [0.2, 0.25) is 0 Å². The Labute approximate surface area is 222 Å². The number of benzene rings is 3. The van der Waals surface area contributed by atoms with Crippen LogP contribution in [-0.2, 0) is 6.42 Å². The summed E-state index contributed by atoms with van der Waals surface area (Å²) in [4.78, 5) is 3.55. The van der Waals surface area contributed by atoms with Gasteiger partial charge in [0.15, 0.2) is 0 Å². The van der Waals surface area contributed by atoms with E-state index in [1.807, 2.05) is 0 Å². The molecule has 0 bridgehead atoms. The van der Waals surface area contributed by atoms with Crippen molar-refractivity contribution < 1.29 is 0 Å². The van der Waals surface area contributed by atoms with Crippen LogP contribution in [0.15, 0.2) is 115 Å². The van der Waals surface area contributed by atoms with Crippen molar-refractivity contribution in [2.24, 2.45) is 5.41 Å². The molecule has 0 fully saturated rings. The topological polar surface area (TPSA) is 27.8 Å². The van der Waals surface area contributed by atoms with Crippen molar-refractivity contribution in [2.45, 2.75) is 41.0 Å². The Morgan fingerprint density at radius 2 is 1.57 bits per heavy atom. The van der Waals surface area contributed by atoms with Gasteiger partial charge in [0.05, 0.1) is 0 Å². The Kier molecular flexibility index (Phi) is 7.98. The number of hydrogen-bond donors (Lipinski definition) is 2. The molecule has 0 spiro atoms. The van der Waals surface area contributed by atoms with Gasteiger partial charge in [0.2, 0.25) is 0 Å². The molecular weight excluding hydrogens is 448 g/mol. The van der Waals surface area contributed by atoms with Gasteiger partial charge in [-0.05, 0) is 65.3 Å². The zero-order valence-electron chi connectivity index (χ0n) is 22.7. The molecule has 2 N–H and O–H groups in total. The van der Waals surface area contributed by atoms with Crippen LogP contribution in [0.3, 0.4) is 0 Å². The first-order valence-electron chi connectivity index (χ1n) is 13.1. The van der Waals surface area contributed by atoms with Crippen LogP contribution in [0.1, 0.15) is 51.4 Å². The van der Waals surface area contributed by atoms with Crippen molar-refractivity contribution in [3.05, 3.63) is 132 Å². The van der Waals surface area contributed by atoms with E-state index in [4.69, 9.17) is 0 Å². The molecule has 4 aromatic rings. The smallest absolute Gasteiger partial charge is 0.0462 e. The van der Waals surface area contributed by atoms with Gasteiger partial charge in [-0.2, -0.15) is 0 Å². The first kappa shape index (κ1) is 26.0. The Morgan fingerprint density at radius 3 is 2.24 bits per heavy atom. The summed E-state index contributed by atoms with van der Waals surface area (Å²) in [6.45, 7) is 15.5. The normalized spacial score (nSPS) is 12.5. The number of nitrogens with one attached hydrogen (secondary N) is 2. The highest BCUT2D eigenvalue weighted by atomic mass is 14.9. The van der Waals surface area contributed by atoms with Crippen LogP contribution in [-0.4, -0.2) is 4.98 Å².